The van der Waals surface area contributed by atoms with Gasteiger partial charge in [0, 0.05) is 37.1 Å². The Morgan fingerprint density at radius 1 is 1.20 bits per heavy atom. The molecule has 0 bridgehead atoms. The Morgan fingerprint density at radius 3 is 2.64 bits per heavy atom. The predicted molar refractivity (Wildman–Crippen MR) is 92.8 cm³/mol. The zero-order chi connectivity index (χ0) is 17.3. The highest BCUT2D eigenvalue weighted by Crippen LogP contribution is 2.53. The van der Waals surface area contributed by atoms with Crippen molar-refractivity contribution in [1.82, 2.24) is 19.8 Å². The number of aromatic nitrogens is 2. The average molecular weight is 338 g/mol. The summed E-state index contributed by atoms with van der Waals surface area (Å²) in [5, 5.41) is 3.16. The van der Waals surface area contributed by atoms with Crippen LogP contribution in [0.25, 0.3) is 0 Å². The van der Waals surface area contributed by atoms with Crippen molar-refractivity contribution in [3.05, 3.63) is 54.6 Å². The monoisotopic (exact) mass is 338 g/mol. The number of imidazole rings is 1. The largest absolute Gasteiger partial charge is 0.349 e. The Bertz CT molecular complexity index is 749. The van der Waals surface area contributed by atoms with Crippen LogP contribution in [0, 0.1) is 5.41 Å². The molecule has 2 heterocycles. The van der Waals surface area contributed by atoms with Crippen LogP contribution in [0.1, 0.15) is 29.6 Å². The van der Waals surface area contributed by atoms with Crippen LogP contribution < -0.4 is 5.32 Å². The van der Waals surface area contributed by atoms with Crippen LogP contribution in [-0.2, 0) is 11.3 Å². The van der Waals surface area contributed by atoms with E-state index < -0.39 is 0 Å². The van der Waals surface area contributed by atoms with E-state index in [9.17, 15) is 9.59 Å². The maximum atomic E-state index is 12.3. The van der Waals surface area contributed by atoms with Crippen molar-refractivity contribution in [3.8, 4) is 0 Å². The highest BCUT2D eigenvalue weighted by atomic mass is 16.2. The number of hydrogen-bond donors (Lipinski definition) is 1. The van der Waals surface area contributed by atoms with Gasteiger partial charge in [-0.1, -0.05) is 18.2 Å². The fourth-order valence-electron chi connectivity index (χ4n) is 3.77. The number of benzene rings is 1. The standard InChI is InChI=1S/C19H22N4O2/c24-17(13-22-11-8-20-14-22)23-9-6-19(7-10-23)12-16(19)21-18(25)15-4-2-1-3-5-15/h1-5,8,11,14,16H,6-7,9-10,12-13H2,(H,21,25). The van der Waals surface area contributed by atoms with Gasteiger partial charge in [-0.3, -0.25) is 9.59 Å². The molecule has 6 nitrogen and oxygen atoms in total. The number of likely N-dealkylation sites (tertiary alicyclic amines) is 1. The fraction of sp³-hybridized carbons (Fsp3) is 0.421. The Balaban J connectivity index is 1.28. The summed E-state index contributed by atoms with van der Waals surface area (Å²) < 4.78 is 1.80. The van der Waals surface area contributed by atoms with E-state index in [0.717, 1.165) is 32.4 Å². The summed E-state index contributed by atoms with van der Waals surface area (Å²) in [5.41, 5.74) is 0.897. The number of amides is 2. The van der Waals surface area contributed by atoms with E-state index in [1.54, 1.807) is 23.3 Å². The first-order valence-corrected chi connectivity index (χ1v) is 8.76. The molecule has 1 saturated heterocycles. The third-order valence-corrected chi connectivity index (χ3v) is 5.52. The molecule has 1 unspecified atom stereocenters. The first-order chi connectivity index (χ1) is 12.2. The molecular weight excluding hydrogens is 316 g/mol. The zero-order valence-electron chi connectivity index (χ0n) is 14.1. The number of rotatable bonds is 4. The SMILES string of the molecule is O=C(NC1CC12CCN(C(=O)Cn1ccnc1)CC2)c1ccccc1. The molecule has 1 aromatic heterocycles. The van der Waals surface area contributed by atoms with Crippen molar-refractivity contribution in [2.24, 2.45) is 5.41 Å². The predicted octanol–water partition coefficient (Wildman–Crippen LogP) is 1.69. The van der Waals surface area contributed by atoms with Gasteiger partial charge in [-0.25, -0.2) is 4.98 Å². The summed E-state index contributed by atoms with van der Waals surface area (Å²) in [5.74, 6) is 0.138. The maximum Gasteiger partial charge on any atom is 0.251 e. The first-order valence-electron chi connectivity index (χ1n) is 8.76. The Hall–Kier alpha value is -2.63. The van der Waals surface area contributed by atoms with E-state index >= 15 is 0 Å². The highest BCUT2D eigenvalue weighted by molar-refractivity contribution is 5.94. The summed E-state index contributed by atoms with van der Waals surface area (Å²) in [6.45, 7) is 1.89. The van der Waals surface area contributed by atoms with Crippen LogP contribution in [0.15, 0.2) is 49.1 Å². The van der Waals surface area contributed by atoms with Gasteiger partial charge >= 0.3 is 0 Å². The van der Waals surface area contributed by atoms with E-state index in [0.29, 0.717) is 12.1 Å². The van der Waals surface area contributed by atoms with Crippen LogP contribution in [0.2, 0.25) is 0 Å². The molecule has 2 aliphatic rings. The summed E-state index contributed by atoms with van der Waals surface area (Å²) in [6, 6.07) is 9.57. The van der Waals surface area contributed by atoms with Crippen LogP contribution >= 0.6 is 0 Å². The molecule has 1 N–H and O–H groups in total. The van der Waals surface area contributed by atoms with Crippen molar-refractivity contribution in [1.29, 1.82) is 0 Å². The molecule has 1 aliphatic heterocycles. The Labute approximate surface area is 146 Å². The zero-order valence-corrected chi connectivity index (χ0v) is 14.1. The topological polar surface area (TPSA) is 67.2 Å². The molecule has 6 heteroatoms. The molecule has 2 fully saturated rings. The molecular formula is C19H22N4O2. The van der Waals surface area contributed by atoms with Gasteiger partial charge in [-0.05, 0) is 36.8 Å². The molecule has 1 spiro atoms. The van der Waals surface area contributed by atoms with Gasteiger partial charge in [0.1, 0.15) is 6.54 Å². The second-order valence-electron chi connectivity index (χ2n) is 7.07. The van der Waals surface area contributed by atoms with Gasteiger partial charge < -0.3 is 14.8 Å². The molecule has 1 saturated carbocycles. The summed E-state index contributed by atoms with van der Waals surface area (Å²) in [4.78, 5) is 30.5. The quantitative estimate of drug-likeness (QED) is 0.922. The minimum Gasteiger partial charge on any atom is -0.349 e. The lowest BCUT2D eigenvalue weighted by atomic mass is 9.92. The molecule has 4 rings (SSSR count). The lowest BCUT2D eigenvalue weighted by molar-refractivity contribution is -0.133. The Morgan fingerprint density at radius 2 is 1.96 bits per heavy atom. The first kappa shape index (κ1) is 15.9. The van der Waals surface area contributed by atoms with E-state index in [-0.39, 0.29) is 23.3 Å². The van der Waals surface area contributed by atoms with E-state index in [1.165, 1.54) is 0 Å². The number of carbonyl (C=O) groups excluding carboxylic acids is 2. The summed E-state index contributed by atoms with van der Waals surface area (Å²) in [7, 11) is 0. The van der Waals surface area contributed by atoms with Gasteiger partial charge in [0.05, 0.1) is 6.33 Å². The third kappa shape index (κ3) is 3.29. The van der Waals surface area contributed by atoms with Crippen LogP contribution in [0.4, 0.5) is 0 Å². The van der Waals surface area contributed by atoms with Crippen molar-refractivity contribution in [2.75, 3.05) is 13.1 Å². The normalized spacial score (nSPS) is 21.1. The third-order valence-electron chi connectivity index (χ3n) is 5.52. The van der Waals surface area contributed by atoms with E-state index in [2.05, 4.69) is 10.3 Å². The van der Waals surface area contributed by atoms with Crippen molar-refractivity contribution in [3.63, 3.8) is 0 Å². The van der Waals surface area contributed by atoms with Gasteiger partial charge in [-0.2, -0.15) is 0 Å². The van der Waals surface area contributed by atoms with Crippen molar-refractivity contribution >= 4 is 11.8 Å². The van der Waals surface area contributed by atoms with Crippen LogP contribution in [0.5, 0.6) is 0 Å². The minimum atomic E-state index is 0.00101. The summed E-state index contributed by atoms with van der Waals surface area (Å²) >= 11 is 0. The molecule has 1 aromatic carbocycles. The lowest BCUT2D eigenvalue weighted by Crippen LogP contribution is -2.42. The van der Waals surface area contributed by atoms with Gasteiger partial charge in [-0.15, -0.1) is 0 Å². The molecule has 130 valence electrons. The van der Waals surface area contributed by atoms with Crippen LogP contribution in [-0.4, -0.2) is 45.4 Å². The van der Waals surface area contributed by atoms with Crippen molar-refractivity contribution < 1.29 is 9.59 Å². The number of nitrogens with one attached hydrogen (secondary N) is 1. The summed E-state index contributed by atoms with van der Waals surface area (Å²) in [6.07, 6.45) is 8.10. The maximum absolute atomic E-state index is 12.3. The van der Waals surface area contributed by atoms with Gasteiger partial charge in [0.15, 0.2) is 0 Å². The number of carbonyl (C=O) groups is 2. The number of piperidine rings is 1. The Kier molecular flexibility index (Phi) is 4.03. The van der Waals surface area contributed by atoms with Crippen molar-refractivity contribution in [2.45, 2.75) is 31.8 Å². The molecule has 1 atom stereocenters. The highest BCUT2D eigenvalue weighted by Gasteiger charge is 2.55. The second kappa shape index (κ2) is 6.35. The molecule has 25 heavy (non-hydrogen) atoms. The van der Waals surface area contributed by atoms with E-state index in [1.807, 2.05) is 35.2 Å². The lowest BCUT2D eigenvalue weighted by Gasteiger charge is -2.33. The average Bonchev–Trinajstić information content (AvgIpc) is 3.05. The number of nitrogens with zero attached hydrogens (tertiary/aromatic N) is 3. The smallest absolute Gasteiger partial charge is 0.251 e. The number of hydrogen-bond acceptors (Lipinski definition) is 3. The minimum absolute atomic E-state index is 0.00101. The molecule has 2 aromatic rings. The molecule has 2 amide bonds. The second-order valence-corrected chi connectivity index (χ2v) is 7.07. The molecule has 0 radical (unpaired) electrons. The van der Waals surface area contributed by atoms with Gasteiger partial charge in [0.2, 0.25) is 5.91 Å². The van der Waals surface area contributed by atoms with Gasteiger partial charge in [0.25, 0.3) is 5.91 Å². The van der Waals surface area contributed by atoms with E-state index in [4.69, 9.17) is 0 Å². The fourth-order valence-corrected chi connectivity index (χ4v) is 3.77. The molecule has 1 aliphatic carbocycles. The van der Waals surface area contributed by atoms with Crippen LogP contribution in [0.3, 0.4) is 0 Å².